The SMILES string of the molecule is c1ccc(-c2cc(-c3cc4ccccc4c4ccccc34)nc(-c3cc(-c4nc(-c5ccccc5)cc(-c5cc6ccccc6c6ccccc56)n4)cc(-c4nc5c6cccnc6c6ncccc6c5n4-c4ccccc4)c3)n2)cc1. The number of imidazole rings is 1. The molecule has 0 fully saturated rings. The summed E-state index contributed by atoms with van der Waals surface area (Å²) in [5.74, 6) is 1.79. The predicted molar refractivity (Wildman–Crippen MR) is 331 cm³/mol. The van der Waals surface area contributed by atoms with Crippen molar-refractivity contribution >= 4 is 75.9 Å². The molecule has 5 heterocycles. The molecule has 0 aliphatic heterocycles. The highest BCUT2D eigenvalue weighted by Gasteiger charge is 2.25. The number of nitrogens with zero attached hydrogens (tertiary/aromatic N) is 8. The van der Waals surface area contributed by atoms with E-state index in [0.717, 1.165) is 133 Å². The minimum Gasteiger partial charge on any atom is -0.292 e. The van der Waals surface area contributed by atoms with E-state index in [1.807, 2.05) is 42.7 Å². The first-order valence-electron chi connectivity index (χ1n) is 27.1. The zero-order valence-electron chi connectivity index (χ0n) is 43.5. The molecule has 0 aliphatic rings. The Kier molecular flexibility index (Phi) is 10.7. The van der Waals surface area contributed by atoms with Crippen molar-refractivity contribution < 1.29 is 0 Å². The van der Waals surface area contributed by atoms with Crippen molar-refractivity contribution in [2.75, 3.05) is 0 Å². The Morgan fingerprint density at radius 2 is 0.667 bits per heavy atom. The zero-order valence-corrected chi connectivity index (χ0v) is 43.5. The van der Waals surface area contributed by atoms with Gasteiger partial charge >= 0.3 is 0 Å². The monoisotopic (exact) mass is 1030 g/mol. The van der Waals surface area contributed by atoms with Crippen LogP contribution in [0.2, 0.25) is 0 Å². The standard InChI is InChI=1S/C73H44N8/c1-4-20-45(21-5-1)63-43-65(61-41-47-24-10-12-28-53(47)55-30-14-16-32-57(55)61)78-71(76-63)49-38-50(72-77-64(46-22-6-2-7-23-46)44-66(79-72)62-42-48-25-11-13-29-54(48)56-31-15-17-33-58(56)62)40-51(39-49)73-80-69-59-34-18-36-74-67(59)68-60(35-19-37-75-68)70(69)81(73)52-26-8-3-9-27-52/h1-44H. The van der Waals surface area contributed by atoms with Gasteiger partial charge < -0.3 is 0 Å². The average molecular weight is 1030 g/mol. The average Bonchev–Trinajstić information content (AvgIpc) is 4.01. The van der Waals surface area contributed by atoms with Crippen LogP contribution >= 0.6 is 0 Å². The van der Waals surface area contributed by atoms with Crippen LogP contribution in [0.3, 0.4) is 0 Å². The summed E-state index contributed by atoms with van der Waals surface area (Å²) in [6.45, 7) is 0. The first-order valence-corrected chi connectivity index (χ1v) is 27.1. The summed E-state index contributed by atoms with van der Waals surface area (Å²) in [5.41, 5.74) is 13.8. The number of hydrogen-bond acceptors (Lipinski definition) is 7. The molecule has 8 heteroatoms. The predicted octanol–water partition coefficient (Wildman–Crippen LogP) is 18.0. The summed E-state index contributed by atoms with van der Waals surface area (Å²) < 4.78 is 2.26. The summed E-state index contributed by atoms with van der Waals surface area (Å²) in [6, 6.07) is 89.0. The first-order chi connectivity index (χ1) is 40.1. The molecule has 11 aromatic carbocycles. The number of para-hydroxylation sites is 1. The summed E-state index contributed by atoms with van der Waals surface area (Å²) in [7, 11) is 0. The fourth-order valence-corrected chi connectivity index (χ4v) is 11.9. The molecule has 0 bridgehead atoms. The van der Waals surface area contributed by atoms with Crippen LogP contribution in [0.1, 0.15) is 0 Å². The van der Waals surface area contributed by atoms with Crippen LogP contribution in [0.15, 0.2) is 267 Å². The molecule has 0 aliphatic carbocycles. The third-order valence-electron chi connectivity index (χ3n) is 15.6. The molecular formula is C73H44N8. The number of aromatic nitrogens is 8. The van der Waals surface area contributed by atoms with Crippen molar-refractivity contribution in [3.63, 3.8) is 0 Å². The molecule has 0 saturated heterocycles. The molecule has 376 valence electrons. The van der Waals surface area contributed by atoms with Gasteiger partial charge in [0.1, 0.15) is 5.82 Å². The maximum absolute atomic E-state index is 5.71. The van der Waals surface area contributed by atoms with Crippen molar-refractivity contribution in [3.8, 4) is 84.9 Å². The second kappa shape index (κ2) is 18.8. The molecule has 0 atom stereocenters. The number of pyridine rings is 2. The van der Waals surface area contributed by atoms with E-state index in [1.165, 1.54) is 10.8 Å². The normalized spacial score (nSPS) is 11.7. The second-order valence-electron chi connectivity index (χ2n) is 20.4. The lowest BCUT2D eigenvalue weighted by molar-refractivity contribution is 1.10. The molecule has 81 heavy (non-hydrogen) atoms. The molecule has 8 nitrogen and oxygen atoms in total. The number of rotatable bonds is 8. The molecule has 16 rings (SSSR count). The van der Waals surface area contributed by atoms with Gasteiger partial charge in [-0.1, -0.05) is 176 Å². The third kappa shape index (κ3) is 7.80. The van der Waals surface area contributed by atoms with Crippen molar-refractivity contribution in [2.24, 2.45) is 0 Å². The number of hydrogen-bond donors (Lipinski definition) is 0. The van der Waals surface area contributed by atoms with E-state index in [-0.39, 0.29) is 0 Å². The first kappa shape index (κ1) is 46.0. The fraction of sp³-hybridized carbons (Fsp3) is 0. The Morgan fingerprint density at radius 3 is 1.20 bits per heavy atom. The molecule has 0 radical (unpaired) electrons. The summed E-state index contributed by atoms with van der Waals surface area (Å²) in [5, 5.41) is 11.0. The van der Waals surface area contributed by atoms with Crippen molar-refractivity contribution in [2.45, 2.75) is 0 Å². The lowest BCUT2D eigenvalue weighted by atomic mass is 9.94. The lowest BCUT2D eigenvalue weighted by Crippen LogP contribution is -2.01. The van der Waals surface area contributed by atoms with E-state index >= 15 is 0 Å². The van der Waals surface area contributed by atoms with E-state index in [4.69, 9.17) is 34.9 Å². The Hall–Kier alpha value is -11.1. The fourth-order valence-electron chi connectivity index (χ4n) is 11.9. The number of fused-ring (bicyclic) bond motifs is 12. The van der Waals surface area contributed by atoms with E-state index in [2.05, 4.69) is 229 Å². The summed E-state index contributed by atoms with van der Waals surface area (Å²) >= 11 is 0. The van der Waals surface area contributed by atoms with E-state index in [1.54, 1.807) is 0 Å². The smallest absolute Gasteiger partial charge is 0.160 e. The van der Waals surface area contributed by atoms with Crippen LogP contribution in [-0.2, 0) is 0 Å². The molecule has 0 saturated carbocycles. The molecule has 16 aromatic rings. The Balaban J connectivity index is 1.02. The van der Waals surface area contributed by atoms with Gasteiger partial charge in [-0.3, -0.25) is 14.5 Å². The van der Waals surface area contributed by atoms with E-state index < -0.39 is 0 Å². The van der Waals surface area contributed by atoms with Crippen LogP contribution in [0.4, 0.5) is 0 Å². The van der Waals surface area contributed by atoms with Crippen molar-refractivity contribution in [3.05, 3.63) is 267 Å². The minimum absolute atomic E-state index is 0.540. The highest BCUT2D eigenvalue weighted by atomic mass is 15.1. The van der Waals surface area contributed by atoms with Crippen LogP contribution in [0.5, 0.6) is 0 Å². The highest BCUT2D eigenvalue weighted by Crippen LogP contribution is 2.43. The Morgan fingerprint density at radius 1 is 0.259 bits per heavy atom. The molecule has 0 amide bonds. The molecule has 0 unspecified atom stereocenters. The molecule has 0 spiro atoms. The highest BCUT2D eigenvalue weighted by molar-refractivity contribution is 6.22. The van der Waals surface area contributed by atoms with Crippen molar-refractivity contribution in [1.29, 1.82) is 0 Å². The second-order valence-corrected chi connectivity index (χ2v) is 20.4. The molecule has 5 aromatic heterocycles. The Bertz CT molecular complexity index is 4950. The maximum atomic E-state index is 5.71. The van der Waals surface area contributed by atoms with Gasteiger partial charge in [-0.05, 0) is 122 Å². The molecule has 0 N–H and O–H groups in total. The minimum atomic E-state index is 0.540. The lowest BCUT2D eigenvalue weighted by Gasteiger charge is -2.16. The van der Waals surface area contributed by atoms with Gasteiger partial charge in [-0.25, -0.2) is 24.9 Å². The maximum Gasteiger partial charge on any atom is 0.160 e. The topological polar surface area (TPSA) is 95.2 Å². The largest absolute Gasteiger partial charge is 0.292 e. The van der Waals surface area contributed by atoms with Gasteiger partial charge in [0, 0.05) is 67.8 Å². The van der Waals surface area contributed by atoms with Crippen LogP contribution < -0.4 is 0 Å². The quantitative estimate of drug-likeness (QED) is 0.140. The zero-order chi connectivity index (χ0) is 53.4. The van der Waals surface area contributed by atoms with Crippen LogP contribution in [-0.4, -0.2) is 39.5 Å². The van der Waals surface area contributed by atoms with Crippen LogP contribution in [0, 0.1) is 0 Å². The van der Waals surface area contributed by atoms with Gasteiger partial charge in [0.05, 0.1) is 44.8 Å². The summed E-state index contributed by atoms with van der Waals surface area (Å²) in [4.78, 5) is 37.9. The third-order valence-corrected chi connectivity index (χ3v) is 15.6. The van der Waals surface area contributed by atoms with Gasteiger partial charge in [0.15, 0.2) is 11.6 Å². The van der Waals surface area contributed by atoms with Gasteiger partial charge in [-0.2, -0.15) is 0 Å². The van der Waals surface area contributed by atoms with Crippen LogP contribution in [0.25, 0.3) is 161 Å². The van der Waals surface area contributed by atoms with Crippen molar-refractivity contribution in [1.82, 2.24) is 39.5 Å². The van der Waals surface area contributed by atoms with Gasteiger partial charge in [0.25, 0.3) is 0 Å². The van der Waals surface area contributed by atoms with E-state index in [0.29, 0.717) is 17.5 Å². The number of benzene rings is 11. The van der Waals surface area contributed by atoms with E-state index in [9.17, 15) is 0 Å². The Labute approximate surface area is 465 Å². The summed E-state index contributed by atoms with van der Waals surface area (Å²) in [6.07, 6.45) is 3.66. The van der Waals surface area contributed by atoms with Gasteiger partial charge in [0.2, 0.25) is 0 Å². The van der Waals surface area contributed by atoms with Gasteiger partial charge in [-0.15, -0.1) is 0 Å². The molecular weight excluding hydrogens is 989 g/mol.